The molecule has 4 aromatic rings. The van der Waals surface area contributed by atoms with Gasteiger partial charge in [-0.25, -0.2) is 4.98 Å². The van der Waals surface area contributed by atoms with Gasteiger partial charge in [-0.2, -0.15) is 0 Å². The van der Waals surface area contributed by atoms with Crippen molar-refractivity contribution in [2.24, 2.45) is 0 Å². The third-order valence-corrected chi connectivity index (χ3v) is 7.83. The Morgan fingerprint density at radius 3 is 2.31 bits per heavy atom. The molecule has 0 bridgehead atoms. The molecular formula is C31H29N3O4S. The number of rotatable bonds is 8. The quantitative estimate of drug-likeness (QED) is 0.262. The Morgan fingerprint density at radius 2 is 1.69 bits per heavy atom. The van der Waals surface area contributed by atoms with Crippen LogP contribution in [-0.2, 0) is 4.79 Å². The van der Waals surface area contributed by atoms with Crippen LogP contribution in [0.25, 0.3) is 10.6 Å². The van der Waals surface area contributed by atoms with Gasteiger partial charge in [-0.1, -0.05) is 42.5 Å². The van der Waals surface area contributed by atoms with Crippen molar-refractivity contribution in [3.63, 3.8) is 0 Å². The standard InChI is InChI=1S/C31H29N3O4S/c1-5-38-24-17-11-20(12-18-24)26-25(27(35)29-19(2)32-30(39-29)21-9-7-6-8-10-21)28(36)31(37)34(26)23-15-13-22(14-16-23)33(3)4/h6-18,26,36H,5H2,1-4H3. The molecule has 198 valence electrons. The van der Waals surface area contributed by atoms with Crippen LogP contribution in [0, 0.1) is 6.92 Å². The van der Waals surface area contributed by atoms with Crippen LogP contribution in [0.3, 0.4) is 0 Å². The number of amides is 1. The summed E-state index contributed by atoms with van der Waals surface area (Å²) in [5.41, 5.74) is 3.70. The first-order chi connectivity index (χ1) is 18.8. The molecular weight excluding hydrogens is 510 g/mol. The second-order valence-electron chi connectivity index (χ2n) is 9.38. The molecule has 3 aromatic carbocycles. The van der Waals surface area contributed by atoms with Gasteiger partial charge in [0.25, 0.3) is 5.91 Å². The highest BCUT2D eigenvalue weighted by atomic mass is 32.1. The normalized spacial score (nSPS) is 15.1. The number of aryl methyl sites for hydroxylation is 1. The lowest BCUT2D eigenvalue weighted by Crippen LogP contribution is -2.31. The Morgan fingerprint density at radius 1 is 1.03 bits per heavy atom. The molecule has 1 unspecified atom stereocenters. The molecule has 8 heteroatoms. The summed E-state index contributed by atoms with van der Waals surface area (Å²) in [6.07, 6.45) is 0. The first-order valence-electron chi connectivity index (χ1n) is 12.6. The molecule has 0 spiro atoms. The SMILES string of the molecule is CCOc1ccc(C2C(C(=O)c3sc(-c4ccccc4)nc3C)=C(O)C(=O)N2c2ccc(N(C)C)cc2)cc1. The highest BCUT2D eigenvalue weighted by molar-refractivity contribution is 7.17. The fraction of sp³-hybridized carbons (Fsp3) is 0.194. The average Bonchev–Trinajstić information content (AvgIpc) is 3.46. The first-order valence-corrected chi connectivity index (χ1v) is 13.5. The van der Waals surface area contributed by atoms with Crippen LogP contribution in [0.5, 0.6) is 5.75 Å². The van der Waals surface area contributed by atoms with Crippen LogP contribution >= 0.6 is 11.3 Å². The van der Waals surface area contributed by atoms with E-state index in [-0.39, 0.29) is 5.57 Å². The zero-order valence-corrected chi connectivity index (χ0v) is 23.0. The molecule has 0 saturated carbocycles. The number of carbonyl (C=O) groups is 2. The summed E-state index contributed by atoms with van der Waals surface area (Å²) in [6, 6.07) is 23.5. The number of benzene rings is 3. The number of aromatic nitrogens is 1. The van der Waals surface area contributed by atoms with Crippen LogP contribution in [0.15, 0.2) is 90.2 Å². The molecule has 1 aromatic heterocycles. The van der Waals surface area contributed by atoms with E-state index < -0.39 is 23.5 Å². The number of hydrogen-bond donors (Lipinski definition) is 1. The maximum atomic E-state index is 14.1. The lowest BCUT2D eigenvalue weighted by atomic mass is 9.94. The van der Waals surface area contributed by atoms with E-state index in [0.29, 0.717) is 39.2 Å². The van der Waals surface area contributed by atoms with E-state index in [4.69, 9.17) is 4.74 Å². The maximum Gasteiger partial charge on any atom is 0.294 e. The van der Waals surface area contributed by atoms with Crippen LogP contribution < -0.4 is 14.5 Å². The van der Waals surface area contributed by atoms with E-state index in [1.165, 1.54) is 16.2 Å². The summed E-state index contributed by atoms with van der Waals surface area (Å²) < 4.78 is 5.60. The molecule has 1 atom stereocenters. The second kappa shape index (κ2) is 10.7. The van der Waals surface area contributed by atoms with Crippen molar-refractivity contribution < 1.29 is 19.4 Å². The molecule has 0 fully saturated rings. The Bertz CT molecular complexity index is 1540. The molecule has 7 nitrogen and oxygen atoms in total. The monoisotopic (exact) mass is 539 g/mol. The third kappa shape index (κ3) is 4.91. The minimum absolute atomic E-state index is 0.0345. The maximum absolute atomic E-state index is 14.1. The lowest BCUT2D eigenvalue weighted by Gasteiger charge is -2.27. The molecule has 2 heterocycles. The summed E-state index contributed by atoms with van der Waals surface area (Å²) in [6.45, 7) is 4.19. The molecule has 0 aliphatic carbocycles. The number of aliphatic hydroxyl groups excluding tert-OH is 1. The number of aliphatic hydroxyl groups is 1. The minimum atomic E-state index is -0.826. The molecule has 1 aliphatic heterocycles. The highest BCUT2D eigenvalue weighted by Gasteiger charge is 2.45. The van der Waals surface area contributed by atoms with Crippen molar-refractivity contribution in [1.29, 1.82) is 0 Å². The predicted molar refractivity (Wildman–Crippen MR) is 155 cm³/mol. The van der Waals surface area contributed by atoms with Gasteiger partial charge in [0.1, 0.15) is 10.8 Å². The summed E-state index contributed by atoms with van der Waals surface area (Å²) in [4.78, 5) is 36.1. The number of anilines is 2. The average molecular weight is 540 g/mol. The van der Waals surface area contributed by atoms with E-state index in [1.54, 1.807) is 19.1 Å². The molecule has 5 rings (SSSR count). The topological polar surface area (TPSA) is 83.0 Å². The molecule has 0 saturated heterocycles. The number of nitrogens with zero attached hydrogens (tertiary/aromatic N) is 3. The van der Waals surface area contributed by atoms with E-state index in [1.807, 2.05) is 92.6 Å². The van der Waals surface area contributed by atoms with Gasteiger partial charge in [-0.3, -0.25) is 14.5 Å². The molecule has 1 amide bonds. The fourth-order valence-electron chi connectivity index (χ4n) is 4.68. The smallest absolute Gasteiger partial charge is 0.294 e. The van der Waals surface area contributed by atoms with E-state index in [2.05, 4.69) is 4.98 Å². The van der Waals surface area contributed by atoms with Crippen molar-refractivity contribution in [3.8, 4) is 16.3 Å². The largest absolute Gasteiger partial charge is 0.503 e. The van der Waals surface area contributed by atoms with Gasteiger partial charge in [-0.15, -0.1) is 11.3 Å². The predicted octanol–water partition coefficient (Wildman–Crippen LogP) is 6.37. The molecule has 1 N–H and O–H groups in total. The van der Waals surface area contributed by atoms with Gasteiger partial charge < -0.3 is 14.7 Å². The number of ether oxygens (including phenoxy) is 1. The van der Waals surface area contributed by atoms with Crippen molar-refractivity contribution in [2.75, 3.05) is 30.5 Å². The van der Waals surface area contributed by atoms with E-state index >= 15 is 0 Å². The summed E-state index contributed by atoms with van der Waals surface area (Å²) in [5.74, 6) is -0.909. The number of Topliss-reactive ketones (excluding diaryl/α,β-unsaturated/α-hetero) is 1. The van der Waals surface area contributed by atoms with Gasteiger partial charge in [0.2, 0.25) is 5.78 Å². The van der Waals surface area contributed by atoms with Gasteiger partial charge in [0.15, 0.2) is 5.76 Å². The van der Waals surface area contributed by atoms with Crippen molar-refractivity contribution in [1.82, 2.24) is 4.98 Å². The number of carbonyl (C=O) groups excluding carboxylic acids is 2. The third-order valence-electron chi connectivity index (χ3n) is 6.63. The van der Waals surface area contributed by atoms with Gasteiger partial charge >= 0.3 is 0 Å². The number of ketones is 1. The van der Waals surface area contributed by atoms with Gasteiger partial charge in [0, 0.05) is 31.0 Å². The van der Waals surface area contributed by atoms with E-state index in [9.17, 15) is 14.7 Å². The fourth-order valence-corrected chi connectivity index (χ4v) is 5.70. The Kier molecular flexibility index (Phi) is 7.21. The molecule has 0 radical (unpaired) electrons. The Hall–Kier alpha value is -4.43. The minimum Gasteiger partial charge on any atom is -0.503 e. The zero-order chi connectivity index (χ0) is 27.7. The summed E-state index contributed by atoms with van der Waals surface area (Å²) >= 11 is 1.26. The van der Waals surface area contributed by atoms with Crippen LogP contribution in [-0.4, -0.2) is 42.5 Å². The highest BCUT2D eigenvalue weighted by Crippen LogP contribution is 2.44. The summed E-state index contributed by atoms with van der Waals surface area (Å²) in [7, 11) is 3.87. The van der Waals surface area contributed by atoms with Crippen molar-refractivity contribution in [2.45, 2.75) is 19.9 Å². The van der Waals surface area contributed by atoms with Crippen LogP contribution in [0.2, 0.25) is 0 Å². The van der Waals surface area contributed by atoms with Gasteiger partial charge in [0.05, 0.1) is 28.8 Å². The zero-order valence-electron chi connectivity index (χ0n) is 22.2. The second-order valence-corrected chi connectivity index (χ2v) is 10.4. The Labute approximate surface area is 231 Å². The lowest BCUT2D eigenvalue weighted by molar-refractivity contribution is -0.117. The number of hydrogen-bond acceptors (Lipinski definition) is 7. The van der Waals surface area contributed by atoms with Crippen molar-refractivity contribution >= 4 is 34.4 Å². The Balaban J connectivity index is 1.60. The first kappa shape index (κ1) is 26.2. The van der Waals surface area contributed by atoms with E-state index in [0.717, 1.165) is 11.3 Å². The van der Waals surface area contributed by atoms with Crippen LogP contribution in [0.4, 0.5) is 11.4 Å². The number of thiazole rings is 1. The van der Waals surface area contributed by atoms with Gasteiger partial charge in [-0.05, 0) is 55.8 Å². The van der Waals surface area contributed by atoms with Crippen LogP contribution in [0.1, 0.15) is 33.9 Å². The van der Waals surface area contributed by atoms with Crippen molar-refractivity contribution in [3.05, 3.63) is 106 Å². The summed E-state index contributed by atoms with van der Waals surface area (Å²) in [5, 5.41) is 11.9. The molecule has 39 heavy (non-hydrogen) atoms. The molecule has 1 aliphatic rings.